The molecule has 84 valence electrons. The van der Waals surface area contributed by atoms with Crippen molar-refractivity contribution in [3.63, 3.8) is 0 Å². The molecule has 0 aromatic carbocycles. The van der Waals surface area contributed by atoms with Crippen LogP contribution in [-0.2, 0) is 6.54 Å². The van der Waals surface area contributed by atoms with E-state index < -0.39 is 0 Å². The Labute approximate surface area is 90.0 Å². The van der Waals surface area contributed by atoms with Crippen molar-refractivity contribution in [1.82, 2.24) is 9.97 Å². The van der Waals surface area contributed by atoms with Crippen LogP contribution in [0.3, 0.4) is 0 Å². The highest BCUT2D eigenvalue weighted by Gasteiger charge is 2.06. The van der Waals surface area contributed by atoms with Gasteiger partial charge in [-0.15, -0.1) is 0 Å². The molecule has 15 heavy (non-hydrogen) atoms. The lowest BCUT2D eigenvalue weighted by Crippen LogP contribution is -2.26. The van der Waals surface area contributed by atoms with Crippen LogP contribution in [0, 0.1) is 0 Å². The van der Waals surface area contributed by atoms with E-state index in [-0.39, 0.29) is 6.61 Å². The molecule has 0 spiro atoms. The molecule has 1 aromatic heterocycles. The maximum atomic E-state index is 8.76. The summed E-state index contributed by atoms with van der Waals surface area (Å²) >= 11 is 0. The van der Waals surface area contributed by atoms with Crippen molar-refractivity contribution in [1.29, 1.82) is 0 Å². The van der Waals surface area contributed by atoms with Crippen LogP contribution in [0.5, 0.6) is 0 Å². The van der Waals surface area contributed by atoms with Crippen molar-refractivity contribution < 1.29 is 5.11 Å². The van der Waals surface area contributed by atoms with Crippen molar-refractivity contribution in [2.24, 2.45) is 5.73 Å². The number of aliphatic hydroxyl groups excluding tert-OH is 1. The Morgan fingerprint density at radius 3 is 2.53 bits per heavy atom. The van der Waals surface area contributed by atoms with E-state index in [1.807, 2.05) is 11.8 Å². The fourth-order valence-corrected chi connectivity index (χ4v) is 1.28. The number of hydrogen-bond donors (Lipinski definition) is 2. The monoisotopic (exact) mass is 210 g/mol. The predicted molar refractivity (Wildman–Crippen MR) is 59.5 cm³/mol. The first kappa shape index (κ1) is 11.9. The van der Waals surface area contributed by atoms with Gasteiger partial charge in [0.05, 0.1) is 0 Å². The Kier molecular flexibility index (Phi) is 5.00. The Morgan fingerprint density at radius 1 is 1.40 bits per heavy atom. The molecule has 5 nitrogen and oxygen atoms in total. The van der Waals surface area contributed by atoms with Crippen LogP contribution in [0.25, 0.3) is 0 Å². The van der Waals surface area contributed by atoms with Crippen molar-refractivity contribution in [3.05, 3.63) is 18.0 Å². The summed E-state index contributed by atoms with van der Waals surface area (Å²) in [6.07, 6.45) is 4.21. The standard InChI is InChI=1S/C10H18N4O/c1-2-14(4-3-5-15)10-12-7-9(6-11)8-13-10/h7-8,15H,2-6,11H2,1H3. The number of rotatable bonds is 6. The highest BCUT2D eigenvalue weighted by Crippen LogP contribution is 2.06. The summed E-state index contributed by atoms with van der Waals surface area (Å²) in [5.41, 5.74) is 6.39. The molecule has 1 aromatic rings. The third-order valence-corrected chi connectivity index (χ3v) is 2.18. The molecule has 0 saturated carbocycles. The quantitative estimate of drug-likeness (QED) is 0.698. The second-order valence-corrected chi connectivity index (χ2v) is 3.25. The van der Waals surface area contributed by atoms with Gasteiger partial charge in [0.2, 0.25) is 5.95 Å². The van der Waals surface area contributed by atoms with E-state index in [1.54, 1.807) is 12.4 Å². The van der Waals surface area contributed by atoms with Crippen molar-refractivity contribution in [2.45, 2.75) is 19.9 Å². The Hall–Kier alpha value is -1.20. The number of aliphatic hydroxyl groups is 1. The first-order chi connectivity index (χ1) is 7.31. The molecule has 0 unspecified atom stereocenters. The van der Waals surface area contributed by atoms with Gasteiger partial charge in [0, 0.05) is 44.2 Å². The third-order valence-electron chi connectivity index (χ3n) is 2.18. The lowest BCUT2D eigenvalue weighted by molar-refractivity contribution is 0.289. The minimum Gasteiger partial charge on any atom is -0.396 e. The minimum atomic E-state index is 0.192. The number of hydrogen-bond acceptors (Lipinski definition) is 5. The Bertz CT molecular complexity index is 275. The van der Waals surface area contributed by atoms with Gasteiger partial charge < -0.3 is 15.7 Å². The van der Waals surface area contributed by atoms with E-state index in [2.05, 4.69) is 9.97 Å². The van der Waals surface area contributed by atoms with Gasteiger partial charge in [-0.3, -0.25) is 0 Å². The van der Waals surface area contributed by atoms with Crippen LogP contribution in [0.15, 0.2) is 12.4 Å². The zero-order valence-electron chi connectivity index (χ0n) is 9.06. The topological polar surface area (TPSA) is 75.3 Å². The van der Waals surface area contributed by atoms with Crippen LogP contribution in [0.1, 0.15) is 18.9 Å². The van der Waals surface area contributed by atoms with E-state index in [1.165, 1.54) is 0 Å². The van der Waals surface area contributed by atoms with E-state index >= 15 is 0 Å². The van der Waals surface area contributed by atoms with Gasteiger partial charge >= 0.3 is 0 Å². The van der Waals surface area contributed by atoms with Gasteiger partial charge in [-0.2, -0.15) is 0 Å². The lowest BCUT2D eigenvalue weighted by atomic mass is 10.3. The molecule has 0 amide bonds. The van der Waals surface area contributed by atoms with Gasteiger partial charge in [-0.1, -0.05) is 0 Å². The Balaban J connectivity index is 2.65. The maximum absolute atomic E-state index is 8.76. The predicted octanol–water partition coefficient (Wildman–Crippen LogP) is 0.144. The van der Waals surface area contributed by atoms with Gasteiger partial charge in [0.1, 0.15) is 0 Å². The average Bonchev–Trinajstić information content (AvgIpc) is 2.31. The second-order valence-electron chi connectivity index (χ2n) is 3.25. The van der Waals surface area contributed by atoms with Crippen molar-refractivity contribution in [3.8, 4) is 0 Å². The fourth-order valence-electron chi connectivity index (χ4n) is 1.28. The molecule has 3 N–H and O–H groups in total. The van der Waals surface area contributed by atoms with Crippen molar-refractivity contribution >= 4 is 5.95 Å². The Morgan fingerprint density at radius 2 is 2.07 bits per heavy atom. The molecule has 0 bridgehead atoms. The molecule has 0 fully saturated rings. The average molecular weight is 210 g/mol. The zero-order chi connectivity index (χ0) is 11.1. The van der Waals surface area contributed by atoms with Gasteiger partial charge in [-0.05, 0) is 13.3 Å². The van der Waals surface area contributed by atoms with Gasteiger partial charge in [-0.25, -0.2) is 9.97 Å². The summed E-state index contributed by atoms with van der Waals surface area (Å²) in [4.78, 5) is 10.5. The molecule has 0 radical (unpaired) electrons. The number of nitrogens with zero attached hydrogens (tertiary/aromatic N) is 3. The summed E-state index contributed by atoms with van der Waals surface area (Å²) < 4.78 is 0. The molecule has 5 heteroatoms. The highest BCUT2D eigenvalue weighted by molar-refractivity contribution is 5.29. The van der Waals surface area contributed by atoms with Gasteiger partial charge in [0.15, 0.2) is 0 Å². The maximum Gasteiger partial charge on any atom is 0.225 e. The first-order valence-electron chi connectivity index (χ1n) is 5.18. The molecular formula is C10H18N4O. The smallest absolute Gasteiger partial charge is 0.225 e. The number of anilines is 1. The third kappa shape index (κ3) is 3.45. The van der Waals surface area contributed by atoms with Crippen LogP contribution >= 0.6 is 0 Å². The molecule has 0 aliphatic heterocycles. The second kappa shape index (κ2) is 6.31. The molecular weight excluding hydrogens is 192 g/mol. The number of nitrogens with two attached hydrogens (primary N) is 1. The summed E-state index contributed by atoms with van der Waals surface area (Å²) in [5.74, 6) is 0.697. The van der Waals surface area contributed by atoms with Crippen LogP contribution in [0.4, 0.5) is 5.95 Å². The van der Waals surface area contributed by atoms with Gasteiger partial charge in [0.25, 0.3) is 0 Å². The molecule has 1 heterocycles. The molecule has 0 atom stereocenters. The largest absolute Gasteiger partial charge is 0.396 e. The lowest BCUT2D eigenvalue weighted by Gasteiger charge is -2.19. The summed E-state index contributed by atoms with van der Waals surface area (Å²) in [6, 6.07) is 0. The SMILES string of the molecule is CCN(CCCO)c1ncc(CN)cn1. The first-order valence-corrected chi connectivity index (χ1v) is 5.18. The van der Waals surface area contributed by atoms with E-state index in [9.17, 15) is 0 Å². The fraction of sp³-hybridized carbons (Fsp3) is 0.600. The normalized spacial score (nSPS) is 10.3. The van der Waals surface area contributed by atoms with E-state index in [4.69, 9.17) is 10.8 Å². The van der Waals surface area contributed by atoms with Crippen LogP contribution < -0.4 is 10.6 Å². The van der Waals surface area contributed by atoms with Crippen LogP contribution in [-0.4, -0.2) is 34.8 Å². The summed E-state index contributed by atoms with van der Waals surface area (Å²) in [5, 5.41) is 8.76. The molecule has 0 aliphatic rings. The van der Waals surface area contributed by atoms with E-state index in [0.29, 0.717) is 12.5 Å². The molecule has 0 saturated heterocycles. The molecule has 0 aliphatic carbocycles. The summed E-state index contributed by atoms with van der Waals surface area (Å²) in [7, 11) is 0. The number of aromatic nitrogens is 2. The molecule has 1 rings (SSSR count). The van der Waals surface area contributed by atoms with Crippen LogP contribution in [0.2, 0.25) is 0 Å². The summed E-state index contributed by atoms with van der Waals surface area (Å²) in [6.45, 7) is 4.30. The van der Waals surface area contributed by atoms with E-state index in [0.717, 1.165) is 25.1 Å². The zero-order valence-corrected chi connectivity index (χ0v) is 9.06. The minimum absolute atomic E-state index is 0.192. The van der Waals surface area contributed by atoms with Crippen molar-refractivity contribution in [2.75, 3.05) is 24.6 Å². The highest BCUT2D eigenvalue weighted by atomic mass is 16.3.